The second-order valence-corrected chi connectivity index (χ2v) is 7.68. The molecule has 3 aliphatic rings. The largest absolute Gasteiger partial charge is 0.319 e. The summed E-state index contributed by atoms with van der Waals surface area (Å²) in [4.78, 5) is 6.42. The third-order valence-electron chi connectivity index (χ3n) is 5.13. The predicted octanol–water partition coefficient (Wildman–Crippen LogP) is 3.39. The molecule has 0 aromatic carbocycles. The molecular weight excluding hydrogens is 240 g/mol. The molecule has 0 radical (unpaired) electrons. The highest BCUT2D eigenvalue weighted by molar-refractivity contribution is 7.12. The van der Waals surface area contributed by atoms with E-state index in [4.69, 9.17) is 10.7 Å². The van der Waals surface area contributed by atoms with Gasteiger partial charge in [0.05, 0.1) is 11.2 Å². The van der Waals surface area contributed by atoms with Crippen molar-refractivity contribution in [3.8, 4) is 0 Å². The van der Waals surface area contributed by atoms with Gasteiger partial charge in [-0.3, -0.25) is 0 Å². The Bertz CT molecular complexity index is 442. The summed E-state index contributed by atoms with van der Waals surface area (Å²) in [6, 6.07) is 0. The molecule has 2 atom stereocenters. The van der Waals surface area contributed by atoms with E-state index in [0.717, 1.165) is 18.3 Å². The van der Waals surface area contributed by atoms with E-state index in [1.165, 1.54) is 66.9 Å². The highest BCUT2D eigenvalue weighted by Gasteiger charge is 2.42. The third kappa shape index (κ3) is 1.83. The quantitative estimate of drug-likeness (QED) is 0.887. The SMILES string of the molecule is NC1(c2nc3c(s2)CCC3)CCCC(C2CC2)C1. The zero-order valence-electron chi connectivity index (χ0n) is 11.0. The molecule has 98 valence electrons. The second-order valence-electron chi connectivity index (χ2n) is 6.59. The van der Waals surface area contributed by atoms with Crippen molar-refractivity contribution in [1.29, 1.82) is 0 Å². The van der Waals surface area contributed by atoms with Crippen LogP contribution in [0.15, 0.2) is 0 Å². The summed E-state index contributed by atoms with van der Waals surface area (Å²) in [7, 11) is 0. The van der Waals surface area contributed by atoms with Gasteiger partial charge in [-0.1, -0.05) is 12.8 Å². The van der Waals surface area contributed by atoms with Gasteiger partial charge in [0, 0.05) is 4.88 Å². The molecule has 1 heterocycles. The molecule has 0 aliphatic heterocycles. The van der Waals surface area contributed by atoms with Crippen molar-refractivity contribution in [3.05, 3.63) is 15.6 Å². The summed E-state index contributed by atoms with van der Waals surface area (Å²) >= 11 is 1.93. The van der Waals surface area contributed by atoms with Crippen LogP contribution >= 0.6 is 11.3 Å². The van der Waals surface area contributed by atoms with Crippen LogP contribution in [-0.4, -0.2) is 4.98 Å². The fourth-order valence-electron chi connectivity index (χ4n) is 3.92. The first kappa shape index (κ1) is 11.4. The molecule has 0 saturated heterocycles. The van der Waals surface area contributed by atoms with Gasteiger partial charge in [-0.25, -0.2) is 4.98 Å². The molecule has 2 fully saturated rings. The van der Waals surface area contributed by atoms with E-state index in [9.17, 15) is 0 Å². The Morgan fingerprint density at radius 2 is 2.00 bits per heavy atom. The summed E-state index contributed by atoms with van der Waals surface area (Å²) in [6.07, 6.45) is 11.7. The Balaban J connectivity index is 1.60. The average molecular weight is 262 g/mol. The zero-order chi connectivity index (χ0) is 12.2. The van der Waals surface area contributed by atoms with Crippen LogP contribution in [0.2, 0.25) is 0 Å². The van der Waals surface area contributed by atoms with E-state index in [2.05, 4.69) is 0 Å². The van der Waals surface area contributed by atoms with Crippen LogP contribution in [-0.2, 0) is 18.4 Å². The lowest BCUT2D eigenvalue weighted by molar-refractivity contribution is 0.206. The number of rotatable bonds is 2. The van der Waals surface area contributed by atoms with Gasteiger partial charge in [-0.05, 0) is 56.8 Å². The van der Waals surface area contributed by atoms with Crippen LogP contribution in [0.5, 0.6) is 0 Å². The molecule has 2 unspecified atom stereocenters. The van der Waals surface area contributed by atoms with E-state index in [0.29, 0.717) is 0 Å². The van der Waals surface area contributed by atoms with Crippen LogP contribution < -0.4 is 5.73 Å². The lowest BCUT2D eigenvalue weighted by atomic mass is 9.74. The van der Waals surface area contributed by atoms with Gasteiger partial charge < -0.3 is 5.73 Å². The van der Waals surface area contributed by atoms with E-state index in [1.54, 1.807) is 0 Å². The average Bonchev–Trinajstić information content (AvgIpc) is 2.97. The smallest absolute Gasteiger partial charge is 0.113 e. The fourth-order valence-corrected chi connectivity index (χ4v) is 5.21. The van der Waals surface area contributed by atoms with Crippen molar-refractivity contribution >= 4 is 11.3 Å². The Morgan fingerprint density at radius 1 is 1.11 bits per heavy atom. The normalized spacial score (nSPS) is 35.7. The van der Waals surface area contributed by atoms with Gasteiger partial charge in [0.25, 0.3) is 0 Å². The molecular formula is C15H22N2S. The summed E-state index contributed by atoms with van der Waals surface area (Å²) in [5, 5.41) is 1.26. The second kappa shape index (κ2) is 4.04. The first-order valence-electron chi connectivity index (χ1n) is 7.52. The molecule has 2 N–H and O–H groups in total. The summed E-state index contributed by atoms with van der Waals surface area (Å²) in [5.74, 6) is 1.89. The Labute approximate surface area is 113 Å². The molecule has 18 heavy (non-hydrogen) atoms. The standard InChI is InChI=1S/C15H22N2S/c16-15(8-2-3-11(9-15)10-6-7-10)14-17-12-4-1-5-13(12)18-14/h10-11H,1-9,16H2. The van der Waals surface area contributed by atoms with Gasteiger partial charge >= 0.3 is 0 Å². The molecule has 0 spiro atoms. The van der Waals surface area contributed by atoms with E-state index >= 15 is 0 Å². The van der Waals surface area contributed by atoms with Gasteiger partial charge in [-0.2, -0.15) is 0 Å². The summed E-state index contributed by atoms with van der Waals surface area (Å²) < 4.78 is 0. The maximum Gasteiger partial charge on any atom is 0.113 e. The van der Waals surface area contributed by atoms with Crippen molar-refractivity contribution in [3.63, 3.8) is 0 Å². The monoisotopic (exact) mass is 262 g/mol. The van der Waals surface area contributed by atoms with Crippen LogP contribution in [0.1, 0.15) is 60.5 Å². The van der Waals surface area contributed by atoms with Crippen LogP contribution in [0.3, 0.4) is 0 Å². The van der Waals surface area contributed by atoms with Crippen LogP contribution in [0.25, 0.3) is 0 Å². The van der Waals surface area contributed by atoms with Crippen molar-refractivity contribution in [2.45, 2.75) is 63.3 Å². The third-order valence-corrected chi connectivity index (χ3v) is 6.51. The van der Waals surface area contributed by atoms with Gasteiger partial charge in [0.15, 0.2) is 0 Å². The van der Waals surface area contributed by atoms with Gasteiger partial charge in [-0.15, -0.1) is 11.3 Å². The number of nitrogens with zero attached hydrogens (tertiary/aromatic N) is 1. The molecule has 4 rings (SSSR count). The van der Waals surface area contributed by atoms with E-state index < -0.39 is 0 Å². The molecule has 3 aliphatic carbocycles. The lowest BCUT2D eigenvalue weighted by Gasteiger charge is -2.36. The number of aromatic nitrogens is 1. The maximum absolute atomic E-state index is 6.75. The molecule has 3 heteroatoms. The maximum atomic E-state index is 6.75. The first-order chi connectivity index (χ1) is 8.74. The topological polar surface area (TPSA) is 38.9 Å². The zero-order valence-corrected chi connectivity index (χ0v) is 11.8. The minimum atomic E-state index is -0.0828. The highest BCUT2D eigenvalue weighted by Crippen LogP contribution is 2.49. The lowest BCUT2D eigenvalue weighted by Crippen LogP contribution is -2.41. The molecule has 2 nitrogen and oxygen atoms in total. The Hall–Kier alpha value is -0.410. The van der Waals surface area contributed by atoms with Crippen LogP contribution in [0.4, 0.5) is 0 Å². The number of hydrogen-bond donors (Lipinski definition) is 1. The van der Waals surface area contributed by atoms with Gasteiger partial charge in [0.2, 0.25) is 0 Å². The van der Waals surface area contributed by atoms with Crippen LogP contribution in [0, 0.1) is 11.8 Å². The molecule has 0 bridgehead atoms. The Kier molecular flexibility index (Phi) is 2.56. The number of fused-ring (bicyclic) bond motifs is 1. The summed E-state index contributed by atoms with van der Waals surface area (Å²) in [5.41, 5.74) is 8.03. The molecule has 2 saturated carbocycles. The minimum absolute atomic E-state index is 0.0828. The van der Waals surface area contributed by atoms with Crippen molar-refractivity contribution in [2.24, 2.45) is 17.6 Å². The minimum Gasteiger partial charge on any atom is -0.319 e. The van der Waals surface area contributed by atoms with E-state index in [-0.39, 0.29) is 5.54 Å². The van der Waals surface area contributed by atoms with Crippen molar-refractivity contribution in [2.75, 3.05) is 0 Å². The number of thiazole rings is 1. The molecule has 1 aromatic rings. The van der Waals surface area contributed by atoms with Crippen molar-refractivity contribution < 1.29 is 0 Å². The number of hydrogen-bond acceptors (Lipinski definition) is 3. The number of nitrogens with two attached hydrogens (primary N) is 1. The molecule has 1 aromatic heterocycles. The van der Waals surface area contributed by atoms with E-state index in [1.807, 2.05) is 11.3 Å². The van der Waals surface area contributed by atoms with Crippen molar-refractivity contribution in [1.82, 2.24) is 4.98 Å². The predicted molar refractivity (Wildman–Crippen MR) is 74.7 cm³/mol. The fraction of sp³-hybridized carbons (Fsp3) is 0.800. The first-order valence-corrected chi connectivity index (χ1v) is 8.34. The number of aryl methyl sites for hydroxylation is 2. The Morgan fingerprint density at radius 3 is 2.78 bits per heavy atom. The van der Waals surface area contributed by atoms with Gasteiger partial charge in [0.1, 0.15) is 5.01 Å². The summed E-state index contributed by atoms with van der Waals surface area (Å²) in [6.45, 7) is 0. The highest BCUT2D eigenvalue weighted by atomic mass is 32.1. The molecule has 0 amide bonds.